The summed E-state index contributed by atoms with van der Waals surface area (Å²) in [5, 5.41) is 25.1. The predicted molar refractivity (Wildman–Crippen MR) is 154 cm³/mol. The molecule has 4 aromatic rings. The van der Waals surface area contributed by atoms with E-state index in [1.807, 2.05) is 72.8 Å². The van der Waals surface area contributed by atoms with Crippen molar-refractivity contribution in [1.29, 1.82) is 0 Å². The smallest absolute Gasteiger partial charge is 0.251 e. The van der Waals surface area contributed by atoms with Crippen LogP contribution in [0, 0.1) is 5.21 Å². The van der Waals surface area contributed by atoms with Crippen LogP contribution in [0.25, 0.3) is 11.1 Å². The SMILES string of the molecule is CC(=O)NCc1cccc(-c2cccc(C3OC(CSc4cccc[n+]4[O-])CC(c4ccc(CO)cc4)O3)c2)c1. The van der Waals surface area contributed by atoms with Crippen molar-refractivity contribution in [2.45, 2.75) is 50.0 Å². The van der Waals surface area contributed by atoms with E-state index in [1.54, 1.807) is 6.07 Å². The summed E-state index contributed by atoms with van der Waals surface area (Å²) in [5.41, 5.74) is 5.83. The number of aliphatic hydroxyl groups is 1. The number of nitrogens with zero attached hydrogens (tertiary/aromatic N) is 1. The predicted octanol–water partition coefficient (Wildman–Crippen LogP) is 5.45. The highest BCUT2D eigenvalue weighted by atomic mass is 32.2. The Hall–Kier alpha value is -3.69. The summed E-state index contributed by atoms with van der Waals surface area (Å²) in [5.74, 6) is 0.534. The van der Waals surface area contributed by atoms with Crippen LogP contribution in [0.1, 0.15) is 48.0 Å². The van der Waals surface area contributed by atoms with Gasteiger partial charge in [-0.1, -0.05) is 72.4 Å². The van der Waals surface area contributed by atoms with Crippen LogP contribution < -0.4 is 10.0 Å². The van der Waals surface area contributed by atoms with Gasteiger partial charge in [0.1, 0.15) is 0 Å². The maximum absolute atomic E-state index is 12.2. The Morgan fingerprint density at radius 1 is 0.950 bits per heavy atom. The lowest BCUT2D eigenvalue weighted by Gasteiger charge is -2.36. The second-order valence-corrected chi connectivity index (χ2v) is 10.8. The Morgan fingerprint density at radius 3 is 2.48 bits per heavy atom. The molecule has 3 unspecified atom stereocenters. The summed E-state index contributed by atoms with van der Waals surface area (Å²) in [7, 11) is 0. The van der Waals surface area contributed by atoms with Crippen molar-refractivity contribution in [3.8, 4) is 11.1 Å². The standard InChI is InChI=1S/C32H32N2O5S/c1-22(36)33-19-24-6-4-7-26(16-24)27-8-5-9-28(17-27)32-38-29(21-40-31-10-2-3-15-34(31)37)18-30(39-32)25-13-11-23(20-35)12-14-25/h2-17,29-30,32,35H,18-21H2,1H3,(H,33,36). The Balaban J connectivity index is 1.39. The minimum absolute atomic E-state index is 0.0120. The van der Waals surface area contributed by atoms with E-state index >= 15 is 0 Å². The zero-order chi connectivity index (χ0) is 27.9. The highest BCUT2D eigenvalue weighted by molar-refractivity contribution is 7.99. The number of aromatic nitrogens is 1. The van der Waals surface area contributed by atoms with Crippen LogP contribution in [0.3, 0.4) is 0 Å². The number of hydrogen-bond acceptors (Lipinski definition) is 6. The van der Waals surface area contributed by atoms with Crippen molar-refractivity contribution in [3.63, 3.8) is 0 Å². The number of thioether (sulfide) groups is 1. The fraction of sp³-hybridized carbons (Fsp3) is 0.250. The number of ether oxygens (including phenoxy) is 2. The number of aliphatic hydroxyl groups excluding tert-OH is 1. The molecule has 5 rings (SSSR count). The number of nitrogens with one attached hydrogen (secondary N) is 1. The lowest BCUT2D eigenvalue weighted by molar-refractivity contribution is -0.645. The van der Waals surface area contributed by atoms with Gasteiger partial charge in [0.25, 0.3) is 5.03 Å². The molecule has 8 heteroatoms. The van der Waals surface area contributed by atoms with Crippen LogP contribution in [0.5, 0.6) is 0 Å². The van der Waals surface area contributed by atoms with Gasteiger partial charge in [-0.3, -0.25) is 4.79 Å². The molecular weight excluding hydrogens is 524 g/mol. The molecule has 206 valence electrons. The molecule has 3 atom stereocenters. The highest BCUT2D eigenvalue weighted by Crippen LogP contribution is 2.40. The van der Waals surface area contributed by atoms with Crippen molar-refractivity contribution >= 4 is 17.7 Å². The molecule has 1 aliphatic rings. The molecule has 1 amide bonds. The number of hydrogen-bond donors (Lipinski definition) is 2. The van der Waals surface area contributed by atoms with Gasteiger partial charge in [-0.2, -0.15) is 4.73 Å². The number of benzene rings is 3. The number of carbonyl (C=O) groups is 1. The Morgan fingerprint density at radius 2 is 1.73 bits per heavy atom. The maximum Gasteiger partial charge on any atom is 0.251 e. The van der Waals surface area contributed by atoms with Gasteiger partial charge in [-0.15, -0.1) is 0 Å². The van der Waals surface area contributed by atoms with Gasteiger partial charge in [-0.05, 0) is 46.0 Å². The van der Waals surface area contributed by atoms with Crippen molar-refractivity contribution in [1.82, 2.24) is 5.32 Å². The molecule has 0 bridgehead atoms. The van der Waals surface area contributed by atoms with Crippen molar-refractivity contribution in [2.75, 3.05) is 5.75 Å². The first-order chi connectivity index (χ1) is 19.5. The molecule has 1 aliphatic heterocycles. The Bertz CT molecular complexity index is 1450. The van der Waals surface area contributed by atoms with Crippen LogP contribution in [0.15, 0.2) is 102 Å². The fourth-order valence-electron chi connectivity index (χ4n) is 4.68. The molecular formula is C32H32N2O5S. The molecule has 7 nitrogen and oxygen atoms in total. The van der Waals surface area contributed by atoms with Crippen LogP contribution in [-0.4, -0.2) is 22.9 Å². The van der Waals surface area contributed by atoms with Gasteiger partial charge in [0.05, 0.1) is 18.8 Å². The Kier molecular flexibility index (Phi) is 9.13. The molecule has 0 radical (unpaired) electrons. The highest BCUT2D eigenvalue weighted by Gasteiger charge is 2.33. The largest absolute Gasteiger partial charge is 0.618 e. The minimum Gasteiger partial charge on any atom is -0.618 e. The second-order valence-electron chi connectivity index (χ2n) is 9.76. The molecule has 1 aromatic heterocycles. The summed E-state index contributed by atoms with van der Waals surface area (Å²) < 4.78 is 13.8. The van der Waals surface area contributed by atoms with Crippen LogP contribution in [-0.2, 0) is 27.4 Å². The number of pyridine rings is 1. The van der Waals surface area contributed by atoms with Crippen molar-refractivity contribution in [3.05, 3.63) is 125 Å². The first-order valence-corrected chi connectivity index (χ1v) is 14.2. The van der Waals surface area contributed by atoms with Gasteiger partial charge in [0.15, 0.2) is 12.5 Å². The zero-order valence-corrected chi connectivity index (χ0v) is 23.1. The molecule has 40 heavy (non-hydrogen) atoms. The van der Waals surface area contributed by atoms with Gasteiger partial charge in [0.2, 0.25) is 5.91 Å². The molecule has 0 spiro atoms. The van der Waals surface area contributed by atoms with Gasteiger partial charge < -0.3 is 25.1 Å². The van der Waals surface area contributed by atoms with E-state index in [0.717, 1.165) is 38.1 Å². The fourth-order valence-corrected chi connectivity index (χ4v) is 5.61. The third-order valence-electron chi connectivity index (χ3n) is 6.78. The third kappa shape index (κ3) is 7.08. The summed E-state index contributed by atoms with van der Waals surface area (Å²) >= 11 is 1.47. The second kappa shape index (κ2) is 13.1. The summed E-state index contributed by atoms with van der Waals surface area (Å²) in [6.07, 6.45) is 1.17. The number of carbonyl (C=O) groups excluding carboxylic acids is 1. The third-order valence-corrected chi connectivity index (χ3v) is 7.93. The number of rotatable bonds is 9. The lowest BCUT2D eigenvalue weighted by atomic mass is 9.99. The van der Waals surface area contributed by atoms with E-state index in [1.165, 1.54) is 24.9 Å². The maximum atomic E-state index is 12.2. The molecule has 2 heterocycles. The van der Waals surface area contributed by atoms with Crippen molar-refractivity contribution < 1.29 is 24.1 Å². The average molecular weight is 557 g/mol. The van der Waals surface area contributed by atoms with Gasteiger partial charge in [0, 0.05) is 43.3 Å². The summed E-state index contributed by atoms with van der Waals surface area (Å²) in [4.78, 5) is 11.4. The average Bonchev–Trinajstić information content (AvgIpc) is 3.00. The summed E-state index contributed by atoms with van der Waals surface area (Å²) in [6, 6.07) is 29.4. The monoisotopic (exact) mass is 556 g/mol. The minimum atomic E-state index is -0.598. The molecule has 1 saturated heterocycles. The quantitative estimate of drug-likeness (QED) is 0.162. The lowest BCUT2D eigenvalue weighted by Crippen LogP contribution is -2.32. The zero-order valence-electron chi connectivity index (χ0n) is 22.2. The first kappa shape index (κ1) is 27.9. The molecule has 3 aromatic carbocycles. The number of amides is 1. The van der Waals surface area contributed by atoms with E-state index in [-0.39, 0.29) is 24.7 Å². The van der Waals surface area contributed by atoms with Crippen LogP contribution in [0.2, 0.25) is 0 Å². The summed E-state index contributed by atoms with van der Waals surface area (Å²) in [6.45, 7) is 1.97. The van der Waals surface area contributed by atoms with E-state index in [2.05, 4.69) is 17.4 Å². The normalized spacial score (nSPS) is 18.8. The van der Waals surface area contributed by atoms with E-state index in [0.29, 0.717) is 23.7 Å². The van der Waals surface area contributed by atoms with E-state index < -0.39 is 6.29 Å². The molecule has 1 fully saturated rings. The molecule has 2 N–H and O–H groups in total. The molecule has 0 saturated carbocycles. The van der Waals surface area contributed by atoms with Gasteiger partial charge in [-0.25, -0.2) is 0 Å². The van der Waals surface area contributed by atoms with E-state index in [9.17, 15) is 15.1 Å². The molecule has 0 aliphatic carbocycles. The topological polar surface area (TPSA) is 94.7 Å². The first-order valence-electron chi connectivity index (χ1n) is 13.2. The van der Waals surface area contributed by atoms with E-state index in [4.69, 9.17) is 9.47 Å². The van der Waals surface area contributed by atoms with Crippen molar-refractivity contribution in [2.24, 2.45) is 0 Å². The Labute approximate surface area is 238 Å². The van der Waals surface area contributed by atoms with Crippen LogP contribution in [0.4, 0.5) is 0 Å². The van der Waals surface area contributed by atoms with Crippen LogP contribution >= 0.6 is 11.8 Å². The van der Waals surface area contributed by atoms with Gasteiger partial charge >= 0.3 is 0 Å².